The van der Waals surface area contributed by atoms with Gasteiger partial charge in [0.05, 0.1) is 12.0 Å². The van der Waals surface area contributed by atoms with E-state index in [0.717, 1.165) is 6.54 Å². The van der Waals surface area contributed by atoms with Crippen molar-refractivity contribution in [2.45, 2.75) is 25.9 Å². The van der Waals surface area contributed by atoms with Crippen molar-refractivity contribution in [1.82, 2.24) is 9.55 Å². The van der Waals surface area contributed by atoms with Gasteiger partial charge < -0.3 is 15.4 Å². The van der Waals surface area contributed by atoms with E-state index in [4.69, 9.17) is 10.8 Å². The Kier molecular flexibility index (Phi) is 3.97. The van der Waals surface area contributed by atoms with Crippen LogP contribution in [-0.4, -0.2) is 26.7 Å². The van der Waals surface area contributed by atoms with Crippen molar-refractivity contribution in [3.8, 4) is 0 Å². The summed E-state index contributed by atoms with van der Waals surface area (Å²) in [5.41, 5.74) is 8.58. The number of benzene rings is 1. The number of nitrogens with zero attached hydrogens (tertiary/aromatic N) is 2. The molecule has 0 aliphatic heterocycles. The molecule has 2 rings (SSSR count). The van der Waals surface area contributed by atoms with Crippen LogP contribution in [0.2, 0.25) is 0 Å². The first-order valence-corrected chi connectivity index (χ1v) is 6.09. The van der Waals surface area contributed by atoms with Crippen LogP contribution in [0.25, 0.3) is 0 Å². The largest absolute Gasteiger partial charge is 0.480 e. The van der Waals surface area contributed by atoms with Crippen molar-refractivity contribution in [1.29, 1.82) is 0 Å². The quantitative estimate of drug-likeness (QED) is 0.845. The molecule has 1 atom stereocenters. The van der Waals surface area contributed by atoms with Crippen molar-refractivity contribution >= 4 is 5.97 Å². The van der Waals surface area contributed by atoms with Crippen LogP contribution in [0.1, 0.15) is 16.8 Å². The van der Waals surface area contributed by atoms with Gasteiger partial charge in [-0.05, 0) is 12.5 Å². The standard InChI is InChI=1S/C14H17N3O2/c1-10-2-4-11(5-3-10)7-17-8-12(16-9-17)6-13(15)14(18)19/h2-5,8-9,13H,6-7,15H2,1H3,(H,18,19)/t13-/m0/s1. The first-order chi connectivity index (χ1) is 9.04. The zero-order chi connectivity index (χ0) is 13.8. The summed E-state index contributed by atoms with van der Waals surface area (Å²) in [6, 6.07) is 7.36. The molecule has 0 saturated carbocycles. The lowest BCUT2D eigenvalue weighted by Crippen LogP contribution is -2.32. The van der Waals surface area contributed by atoms with Crippen molar-refractivity contribution in [3.05, 3.63) is 53.6 Å². The van der Waals surface area contributed by atoms with Gasteiger partial charge in [-0.3, -0.25) is 4.79 Å². The molecule has 0 saturated heterocycles. The summed E-state index contributed by atoms with van der Waals surface area (Å²) < 4.78 is 1.93. The number of carbonyl (C=O) groups is 1. The molecular weight excluding hydrogens is 242 g/mol. The van der Waals surface area contributed by atoms with Gasteiger partial charge >= 0.3 is 5.97 Å². The van der Waals surface area contributed by atoms with Crippen molar-refractivity contribution in [2.75, 3.05) is 0 Å². The van der Waals surface area contributed by atoms with E-state index in [1.807, 2.05) is 17.7 Å². The second kappa shape index (κ2) is 5.67. The summed E-state index contributed by atoms with van der Waals surface area (Å²) >= 11 is 0. The number of hydrogen-bond donors (Lipinski definition) is 2. The Morgan fingerprint density at radius 2 is 2.11 bits per heavy atom. The van der Waals surface area contributed by atoms with Gasteiger partial charge in [-0.15, -0.1) is 0 Å². The highest BCUT2D eigenvalue weighted by Gasteiger charge is 2.13. The normalized spacial score (nSPS) is 12.3. The second-order valence-electron chi connectivity index (χ2n) is 4.67. The van der Waals surface area contributed by atoms with Gasteiger partial charge in [0.15, 0.2) is 0 Å². The summed E-state index contributed by atoms with van der Waals surface area (Å²) in [6.07, 6.45) is 3.78. The first kappa shape index (κ1) is 13.3. The van der Waals surface area contributed by atoms with E-state index in [-0.39, 0.29) is 6.42 Å². The van der Waals surface area contributed by atoms with Crippen LogP contribution in [0.15, 0.2) is 36.8 Å². The Labute approximate surface area is 111 Å². The molecule has 19 heavy (non-hydrogen) atoms. The van der Waals surface area contributed by atoms with Crippen LogP contribution >= 0.6 is 0 Å². The van der Waals surface area contributed by atoms with E-state index < -0.39 is 12.0 Å². The number of imidazole rings is 1. The van der Waals surface area contributed by atoms with E-state index in [1.165, 1.54) is 11.1 Å². The number of aromatic nitrogens is 2. The fourth-order valence-electron chi connectivity index (χ4n) is 1.82. The zero-order valence-corrected chi connectivity index (χ0v) is 10.8. The molecule has 0 aliphatic carbocycles. The highest BCUT2D eigenvalue weighted by Crippen LogP contribution is 2.07. The number of nitrogens with two attached hydrogens (primary N) is 1. The molecule has 2 aromatic rings. The van der Waals surface area contributed by atoms with E-state index in [9.17, 15) is 4.79 Å². The number of aryl methyl sites for hydroxylation is 1. The minimum atomic E-state index is -1.01. The van der Waals surface area contributed by atoms with E-state index in [2.05, 4.69) is 29.2 Å². The third-order valence-electron chi connectivity index (χ3n) is 2.92. The Morgan fingerprint density at radius 3 is 2.74 bits per heavy atom. The van der Waals surface area contributed by atoms with Gasteiger partial charge in [-0.2, -0.15) is 0 Å². The molecule has 0 fully saturated rings. The highest BCUT2D eigenvalue weighted by molar-refractivity contribution is 5.73. The monoisotopic (exact) mass is 259 g/mol. The van der Waals surface area contributed by atoms with Crippen LogP contribution in [0.4, 0.5) is 0 Å². The molecule has 3 N–H and O–H groups in total. The number of aliphatic carboxylic acids is 1. The maximum absolute atomic E-state index is 10.7. The smallest absolute Gasteiger partial charge is 0.320 e. The third-order valence-corrected chi connectivity index (χ3v) is 2.92. The predicted octanol–water partition coefficient (Wildman–Crippen LogP) is 1.19. The summed E-state index contributed by atoms with van der Waals surface area (Å²) in [5, 5.41) is 8.75. The molecule has 0 bridgehead atoms. The van der Waals surface area contributed by atoms with Gasteiger partial charge in [0, 0.05) is 19.2 Å². The van der Waals surface area contributed by atoms with E-state index >= 15 is 0 Å². The summed E-state index contributed by atoms with van der Waals surface area (Å²) in [7, 11) is 0. The van der Waals surface area contributed by atoms with Crippen molar-refractivity contribution in [3.63, 3.8) is 0 Å². The van der Waals surface area contributed by atoms with Crippen molar-refractivity contribution in [2.24, 2.45) is 5.73 Å². The van der Waals surface area contributed by atoms with Crippen LogP contribution < -0.4 is 5.73 Å². The van der Waals surface area contributed by atoms with Crippen molar-refractivity contribution < 1.29 is 9.90 Å². The van der Waals surface area contributed by atoms with Crippen LogP contribution in [0.3, 0.4) is 0 Å². The molecule has 0 spiro atoms. The lowest BCUT2D eigenvalue weighted by atomic mass is 10.1. The lowest BCUT2D eigenvalue weighted by Gasteiger charge is -2.04. The maximum atomic E-state index is 10.7. The van der Waals surface area contributed by atoms with Gasteiger partial charge in [0.1, 0.15) is 6.04 Å². The predicted molar refractivity (Wildman–Crippen MR) is 71.8 cm³/mol. The van der Waals surface area contributed by atoms with Gasteiger partial charge in [0.2, 0.25) is 0 Å². The molecule has 0 radical (unpaired) electrons. The molecule has 1 aromatic heterocycles. The molecule has 1 aromatic carbocycles. The van der Waals surface area contributed by atoms with Gasteiger partial charge in [0.25, 0.3) is 0 Å². The molecule has 100 valence electrons. The molecule has 0 amide bonds. The Hall–Kier alpha value is -2.14. The third kappa shape index (κ3) is 3.66. The van der Waals surface area contributed by atoms with Gasteiger partial charge in [-0.1, -0.05) is 29.8 Å². The topological polar surface area (TPSA) is 81.1 Å². The zero-order valence-electron chi connectivity index (χ0n) is 10.8. The minimum absolute atomic E-state index is 0.246. The summed E-state index contributed by atoms with van der Waals surface area (Å²) in [5.74, 6) is -1.01. The number of rotatable bonds is 5. The highest BCUT2D eigenvalue weighted by atomic mass is 16.4. The molecule has 5 nitrogen and oxygen atoms in total. The average molecular weight is 259 g/mol. The maximum Gasteiger partial charge on any atom is 0.320 e. The molecule has 1 heterocycles. The molecule has 5 heteroatoms. The second-order valence-corrected chi connectivity index (χ2v) is 4.67. The fourth-order valence-corrected chi connectivity index (χ4v) is 1.82. The van der Waals surface area contributed by atoms with E-state index in [1.54, 1.807) is 6.33 Å². The summed E-state index contributed by atoms with van der Waals surface area (Å²) in [4.78, 5) is 14.8. The van der Waals surface area contributed by atoms with Crippen LogP contribution in [-0.2, 0) is 17.8 Å². The molecule has 0 aliphatic rings. The number of carboxylic acids is 1. The average Bonchev–Trinajstić information content (AvgIpc) is 2.79. The minimum Gasteiger partial charge on any atom is -0.480 e. The lowest BCUT2D eigenvalue weighted by molar-refractivity contribution is -0.138. The Bertz CT molecular complexity index is 560. The molecular formula is C14H17N3O2. The van der Waals surface area contributed by atoms with Crippen LogP contribution in [0.5, 0.6) is 0 Å². The number of hydrogen-bond acceptors (Lipinski definition) is 3. The fraction of sp³-hybridized carbons (Fsp3) is 0.286. The first-order valence-electron chi connectivity index (χ1n) is 6.09. The van der Waals surface area contributed by atoms with Gasteiger partial charge in [-0.25, -0.2) is 4.98 Å². The SMILES string of the molecule is Cc1ccc(Cn2cnc(C[C@H](N)C(=O)O)c2)cc1. The Balaban J connectivity index is 2.01. The van der Waals surface area contributed by atoms with E-state index in [0.29, 0.717) is 5.69 Å². The molecule has 0 unspecified atom stereocenters. The van der Waals surface area contributed by atoms with Crippen LogP contribution in [0, 0.1) is 6.92 Å². The number of carboxylic acid groups (broad SMARTS) is 1. The summed E-state index contributed by atoms with van der Waals surface area (Å²) in [6.45, 7) is 2.77. The Morgan fingerprint density at radius 1 is 1.42 bits per heavy atom.